The molecular formula is C11H11F6NO2S. The maximum Gasteiger partial charge on any atom is 0.416 e. The van der Waals surface area contributed by atoms with Crippen LogP contribution in [0.3, 0.4) is 0 Å². The van der Waals surface area contributed by atoms with Gasteiger partial charge in [-0.15, -0.1) is 0 Å². The summed E-state index contributed by atoms with van der Waals surface area (Å²) in [4.78, 5) is 0. The zero-order valence-corrected chi connectivity index (χ0v) is 11.4. The second-order valence-corrected chi connectivity index (χ2v) is 6.12. The Morgan fingerprint density at radius 1 is 1.10 bits per heavy atom. The van der Waals surface area contributed by atoms with Crippen molar-refractivity contribution in [2.75, 3.05) is 5.75 Å². The molecule has 1 aromatic rings. The lowest BCUT2D eigenvalue weighted by Crippen LogP contribution is -2.39. The van der Waals surface area contributed by atoms with Crippen LogP contribution in [-0.4, -0.2) is 20.3 Å². The Labute approximate surface area is 117 Å². The van der Waals surface area contributed by atoms with Crippen LogP contribution in [0, 0.1) is 0 Å². The van der Waals surface area contributed by atoms with Gasteiger partial charge in [-0.2, -0.15) is 31.1 Å². The lowest BCUT2D eigenvalue weighted by Gasteiger charge is -2.24. The van der Waals surface area contributed by atoms with Crippen molar-refractivity contribution in [3.8, 4) is 0 Å². The van der Waals surface area contributed by atoms with Crippen molar-refractivity contribution >= 4 is 10.0 Å². The Balaban J connectivity index is 3.43. The lowest BCUT2D eigenvalue weighted by atomic mass is 10.0. The summed E-state index contributed by atoms with van der Waals surface area (Å²) in [7, 11) is -4.35. The van der Waals surface area contributed by atoms with Crippen LogP contribution in [0.15, 0.2) is 24.3 Å². The van der Waals surface area contributed by atoms with E-state index in [-0.39, 0.29) is 0 Å². The van der Waals surface area contributed by atoms with E-state index in [1.165, 1.54) is 4.72 Å². The molecule has 1 unspecified atom stereocenters. The van der Waals surface area contributed by atoms with Crippen molar-refractivity contribution in [3.63, 3.8) is 0 Å². The predicted octanol–water partition coefficient (Wildman–Crippen LogP) is 3.25. The SMILES string of the molecule is CCS(=O)(=O)NC(c1ccccc1C(F)(F)F)C(F)(F)F. The molecule has 21 heavy (non-hydrogen) atoms. The molecule has 3 nitrogen and oxygen atoms in total. The number of halogens is 6. The Bertz CT molecular complexity index is 593. The first-order chi connectivity index (χ1) is 9.38. The van der Waals surface area contributed by atoms with Crippen LogP contribution >= 0.6 is 0 Å². The molecule has 0 amide bonds. The molecule has 0 aliphatic carbocycles. The molecule has 0 fully saturated rings. The number of nitrogens with one attached hydrogen (secondary N) is 1. The van der Waals surface area contributed by atoms with Crippen molar-refractivity contribution in [2.24, 2.45) is 0 Å². The molecule has 1 atom stereocenters. The summed E-state index contributed by atoms with van der Waals surface area (Å²) < 4.78 is 101. The van der Waals surface area contributed by atoms with Gasteiger partial charge in [-0.3, -0.25) is 0 Å². The molecule has 1 rings (SSSR count). The van der Waals surface area contributed by atoms with Gasteiger partial charge in [0.1, 0.15) is 6.04 Å². The topological polar surface area (TPSA) is 46.2 Å². The third-order valence-electron chi connectivity index (χ3n) is 2.58. The first-order valence-electron chi connectivity index (χ1n) is 5.61. The second-order valence-electron chi connectivity index (χ2n) is 4.08. The number of sulfonamides is 1. The first-order valence-corrected chi connectivity index (χ1v) is 7.26. The van der Waals surface area contributed by atoms with E-state index in [1.54, 1.807) is 0 Å². The molecule has 0 aliphatic heterocycles. The smallest absolute Gasteiger partial charge is 0.212 e. The molecule has 0 aliphatic rings. The zero-order chi connectivity index (χ0) is 16.5. The molecule has 1 aromatic carbocycles. The minimum Gasteiger partial charge on any atom is -0.212 e. The van der Waals surface area contributed by atoms with Gasteiger partial charge in [0.25, 0.3) is 0 Å². The standard InChI is InChI=1S/C11H11F6NO2S/c1-2-21(19,20)18-9(11(15,16)17)7-5-3-4-6-8(7)10(12,13)14/h3-6,9,18H,2H2,1H3. The molecule has 0 aromatic heterocycles. The monoisotopic (exact) mass is 335 g/mol. The van der Waals surface area contributed by atoms with Crippen LogP contribution in [0.5, 0.6) is 0 Å². The third kappa shape index (κ3) is 4.60. The summed E-state index contributed by atoms with van der Waals surface area (Å²) in [5, 5.41) is 0. The number of benzene rings is 1. The summed E-state index contributed by atoms with van der Waals surface area (Å²) in [5.41, 5.74) is -2.72. The van der Waals surface area contributed by atoms with E-state index in [1.807, 2.05) is 0 Å². The molecule has 0 bridgehead atoms. The average molecular weight is 335 g/mol. The average Bonchev–Trinajstić information content (AvgIpc) is 2.34. The summed E-state index contributed by atoms with van der Waals surface area (Å²) in [6.45, 7) is 1.07. The van der Waals surface area contributed by atoms with Gasteiger partial charge in [0, 0.05) is 0 Å². The van der Waals surface area contributed by atoms with E-state index < -0.39 is 45.3 Å². The fraction of sp³-hybridized carbons (Fsp3) is 0.455. The molecular weight excluding hydrogens is 324 g/mol. The second kappa shape index (κ2) is 5.84. The Hall–Kier alpha value is -1.29. The predicted molar refractivity (Wildman–Crippen MR) is 62.8 cm³/mol. The van der Waals surface area contributed by atoms with Gasteiger partial charge in [0.05, 0.1) is 11.3 Å². The largest absolute Gasteiger partial charge is 0.416 e. The number of rotatable bonds is 4. The van der Waals surface area contributed by atoms with E-state index in [0.717, 1.165) is 19.1 Å². The highest BCUT2D eigenvalue weighted by Crippen LogP contribution is 2.40. The molecule has 0 radical (unpaired) electrons. The van der Waals surface area contributed by atoms with Gasteiger partial charge in [-0.25, -0.2) is 8.42 Å². The third-order valence-corrected chi connectivity index (χ3v) is 3.94. The van der Waals surface area contributed by atoms with Gasteiger partial charge < -0.3 is 0 Å². The molecule has 0 saturated heterocycles. The van der Waals surface area contributed by atoms with Crippen molar-refractivity contribution in [1.82, 2.24) is 4.72 Å². The highest BCUT2D eigenvalue weighted by atomic mass is 32.2. The maximum absolute atomic E-state index is 12.9. The lowest BCUT2D eigenvalue weighted by molar-refractivity contribution is -0.158. The van der Waals surface area contributed by atoms with Gasteiger partial charge in [0.2, 0.25) is 10.0 Å². The van der Waals surface area contributed by atoms with Crippen molar-refractivity contribution < 1.29 is 34.8 Å². The van der Waals surface area contributed by atoms with Gasteiger partial charge >= 0.3 is 12.4 Å². The zero-order valence-electron chi connectivity index (χ0n) is 10.6. The minimum atomic E-state index is -5.20. The van der Waals surface area contributed by atoms with Crippen LogP contribution in [-0.2, 0) is 16.2 Å². The van der Waals surface area contributed by atoms with Crippen LogP contribution in [0.1, 0.15) is 24.1 Å². The van der Waals surface area contributed by atoms with E-state index in [4.69, 9.17) is 0 Å². The molecule has 0 spiro atoms. The Morgan fingerprint density at radius 3 is 2.05 bits per heavy atom. The molecule has 10 heteroatoms. The van der Waals surface area contributed by atoms with Crippen LogP contribution in [0.4, 0.5) is 26.3 Å². The van der Waals surface area contributed by atoms with Crippen LogP contribution < -0.4 is 4.72 Å². The van der Waals surface area contributed by atoms with Crippen molar-refractivity contribution in [3.05, 3.63) is 35.4 Å². The summed E-state index contributed by atoms with van der Waals surface area (Å²) in [6.07, 6.45) is -10.2. The molecule has 0 heterocycles. The highest BCUT2D eigenvalue weighted by Gasteiger charge is 2.47. The van der Waals surface area contributed by atoms with E-state index in [0.29, 0.717) is 12.1 Å². The summed E-state index contributed by atoms with van der Waals surface area (Å²) >= 11 is 0. The quantitative estimate of drug-likeness (QED) is 0.859. The van der Waals surface area contributed by atoms with Crippen molar-refractivity contribution in [2.45, 2.75) is 25.3 Å². The van der Waals surface area contributed by atoms with E-state index in [9.17, 15) is 34.8 Å². The normalized spacial score (nSPS) is 15.0. The maximum atomic E-state index is 12.9. The Morgan fingerprint density at radius 2 is 1.62 bits per heavy atom. The number of hydrogen-bond donors (Lipinski definition) is 1. The molecule has 120 valence electrons. The number of alkyl halides is 6. The van der Waals surface area contributed by atoms with Crippen LogP contribution in [0.25, 0.3) is 0 Å². The fourth-order valence-electron chi connectivity index (χ4n) is 1.58. The Kier molecular flexibility index (Phi) is 4.94. The van der Waals surface area contributed by atoms with Crippen molar-refractivity contribution in [1.29, 1.82) is 0 Å². The summed E-state index contributed by atoms with van der Waals surface area (Å²) in [5.74, 6) is -0.687. The van der Waals surface area contributed by atoms with Gasteiger partial charge in [-0.1, -0.05) is 18.2 Å². The molecule has 1 N–H and O–H groups in total. The van der Waals surface area contributed by atoms with Gasteiger partial charge in [0.15, 0.2) is 0 Å². The molecule has 0 saturated carbocycles. The summed E-state index contributed by atoms with van der Waals surface area (Å²) in [6, 6.07) is 0.00533. The number of hydrogen-bond acceptors (Lipinski definition) is 2. The highest BCUT2D eigenvalue weighted by molar-refractivity contribution is 7.89. The van der Waals surface area contributed by atoms with E-state index >= 15 is 0 Å². The van der Waals surface area contributed by atoms with E-state index in [2.05, 4.69) is 0 Å². The van der Waals surface area contributed by atoms with Gasteiger partial charge in [-0.05, 0) is 18.6 Å². The fourth-order valence-corrected chi connectivity index (χ4v) is 2.36. The van der Waals surface area contributed by atoms with Crippen LogP contribution in [0.2, 0.25) is 0 Å². The first kappa shape index (κ1) is 17.8. The minimum absolute atomic E-state index is 0.467.